The van der Waals surface area contributed by atoms with Crippen molar-refractivity contribution in [3.63, 3.8) is 0 Å². The van der Waals surface area contributed by atoms with Gasteiger partial charge in [-0.1, -0.05) is 36.4 Å². The molecule has 2 saturated heterocycles. The van der Waals surface area contributed by atoms with Gasteiger partial charge in [0.1, 0.15) is 23.0 Å². The maximum absolute atomic E-state index is 14.7. The summed E-state index contributed by atoms with van der Waals surface area (Å²) in [5.74, 6) is -0.155. The first-order valence-corrected chi connectivity index (χ1v) is 16.4. The van der Waals surface area contributed by atoms with Gasteiger partial charge < -0.3 is 5.32 Å². The SMILES string of the molecule is Cc1cc(-c2n[nH]c3c2CC=C(C(=O)N[C@@H]2CC[C@@H](S(=O)N4CCC(F)(CF)C4)N(CCc4ccccc4)C2)C=C3)ccn1. The van der Waals surface area contributed by atoms with Crippen molar-refractivity contribution in [3.05, 3.63) is 88.9 Å². The number of piperidine rings is 1. The Morgan fingerprint density at radius 1 is 1.20 bits per heavy atom. The summed E-state index contributed by atoms with van der Waals surface area (Å²) >= 11 is 0. The summed E-state index contributed by atoms with van der Waals surface area (Å²) in [6.07, 6.45) is 9.99. The summed E-state index contributed by atoms with van der Waals surface area (Å²) in [6.45, 7) is 2.17. The Kier molecular flexibility index (Phi) is 9.16. The average Bonchev–Trinajstić information content (AvgIpc) is 3.57. The molecular formula is C33H38F2N6O2S. The fourth-order valence-electron chi connectivity index (χ4n) is 6.30. The average molecular weight is 621 g/mol. The van der Waals surface area contributed by atoms with Gasteiger partial charge in [-0.3, -0.25) is 19.8 Å². The summed E-state index contributed by atoms with van der Waals surface area (Å²) in [4.78, 5) is 19.9. The fourth-order valence-corrected chi connectivity index (χ4v) is 8.05. The number of pyridine rings is 1. The zero-order valence-electron chi connectivity index (χ0n) is 24.8. The van der Waals surface area contributed by atoms with Gasteiger partial charge in [0, 0.05) is 60.8 Å². The molecule has 11 heteroatoms. The minimum absolute atomic E-state index is 0.0522. The highest BCUT2D eigenvalue weighted by molar-refractivity contribution is 7.83. The number of hydrogen-bond donors (Lipinski definition) is 2. The second-order valence-electron chi connectivity index (χ2n) is 12.0. The molecule has 0 saturated carbocycles. The van der Waals surface area contributed by atoms with E-state index in [0.717, 1.165) is 40.2 Å². The number of likely N-dealkylation sites (tertiary alicyclic amines) is 1. The van der Waals surface area contributed by atoms with Crippen LogP contribution in [0.25, 0.3) is 17.3 Å². The van der Waals surface area contributed by atoms with E-state index in [1.165, 1.54) is 0 Å². The highest BCUT2D eigenvalue weighted by Crippen LogP contribution is 2.31. The van der Waals surface area contributed by atoms with Gasteiger partial charge in [-0.25, -0.2) is 17.3 Å². The number of alkyl halides is 2. The lowest BCUT2D eigenvalue weighted by Gasteiger charge is -2.40. The van der Waals surface area contributed by atoms with Gasteiger partial charge in [0.2, 0.25) is 0 Å². The maximum atomic E-state index is 14.7. The molecule has 3 aliphatic rings. The molecule has 4 atom stereocenters. The Balaban J connectivity index is 1.13. The van der Waals surface area contributed by atoms with Gasteiger partial charge in [0.15, 0.2) is 5.67 Å². The Morgan fingerprint density at radius 3 is 2.82 bits per heavy atom. The number of allylic oxidation sites excluding steroid dienone is 1. The largest absolute Gasteiger partial charge is 0.348 e. The molecule has 1 amide bonds. The van der Waals surface area contributed by atoms with Gasteiger partial charge in [-0.05, 0) is 68.9 Å². The van der Waals surface area contributed by atoms with Crippen LogP contribution in [0.2, 0.25) is 0 Å². The molecule has 232 valence electrons. The van der Waals surface area contributed by atoms with Crippen LogP contribution >= 0.6 is 0 Å². The second-order valence-corrected chi connectivity index (χ2v) is 13.6. The van der Waals surface area contributed by atoms with Crippen LogP contribution in [-0.2, 0) is 28.6 Å². The van der Waals surface area contributed by atoms with E-state index in [0.29, 0.717) is 37.9 Å². The van der Waals surface area contributed by atoms with Gasteiger partial charge >= 0.3 is 0 Å². The topological polar surface area (TPSA) is 94.2 Å². The van der Waals surface area contributed by atoms with Gasteiger partial charge in [0.25, 0.3) is 5.91 Å². The molecule has 3 aromatic rings. The molecule has 0 bridgehead atoms. The molecule has 2 aromatic heterocycles. The number of aromatic amines is 1. The number of benzene rings is 1. The summed E-state index contributed by atoms with van der Waals surface area (Å²) in [7, 11) is -1.49. The molecular weight excluding hydrogens is 582 g/mol. The minimum Gasteiger partial charge on any atom is -0.348 e. The Morgan fingerprint density at radius 2 is 2.05 bits per heavy atom. The third-order valence-corrected chi connectivity index (χ3v) is 10.6. The smallest absolute Gasteiger partial charge is 0.251 e. The van der Waals surface area contributed by atoms with Crippen molar-refractivity contribution in [3.8, 4) is 11.3 Å². The monoisotopic (exact) mass is 620 g/mol. The van der Waals surface area contributed by atoms with E-state index in [1.807, 2.05) is 55.5 Å². The standard InChI is InChI=1S/C33H38F2N6O2S/c1-23-19-26(13-16-36-23)31-28-10-7-25(8-11-29(28)38-39-31)32(42)37-27-9-12-30(44(43)41-18-15-33(35,21-34)22-41)40(20-27)17-14-24-5-3-2-4-6-24/h2-8,11,13,16,19,27,30H,9-10,12,14-15,17-18,20-22H2,1H3,(H,37,42)(H,38,39)/t27-,30-,33?,44?/m1/s1. The van der Waals surface area contributed by atoms with Crippen molar-refractivity contribution < 1.29 is 17.8 Å². The van der Waals surface area contributed by atoms with Crippen LogP contribution in [0.1, 0.15) is 41.8 Å². The number of halogens is 2. The quantitative estimate of drug-likeness (QED) is 0.368. The highest BCUT2D eigenvalue weighted by atomic mass is 32.2. The summed E-state index contributed by atoms with van der Waals surface area (Å²) in [5, 5.41) is 10.5. The number of amides is 1. The maximum Gasteiger partial charge on any atom is 0.251 e. The van der Waals surface area contributed by atoms with Gasteiger partial charge in [0.05, 0.1) is 11.4 Å². The van der Waals surface area contributed by atoms with Crippen molar-refractivity contribution in [1.29, 1.82) is 0 Å². The lowest BCUT2D eigenvalue weighted by molar-refractivity contribution is -0.118. The molecule has 2 aliphatic heterocycles. The molecule has 1 aromatic carbocycles. The van der Waals surface area contributed by atoms with Crippen molar-refractivity contribution >= 4 is 23.0 Å². The Bertz CT molecular complexity index is 1580. The van der Waals surface area contributed by atoms with Gasteiger partial charge in [-0.15, -0.1) is 0 Å². The second kappa shape index (κ2) is 13.2. The Labute approximate surface area is 259 Å². The predicted octanol–water partition coefficient (Wildman–Crippen LogP) is 4.47. The van der Waals surface area contributed by atoms with Crippen LogP contribution in [0.4, 0.5) is 8.78 Å². The number of rotatable bonds is 9. The number of hydrogen-bond acceptors (Lipinski definition) is 5. The first kappa shape index (κ1) is 30.5. The first-order valence-electron chi connectivity index (χ1n) is 15.2. The zero-order valence-corrected chi connectivity index (χ0v) is 25.7. The van der Waals surface area contributed by atoms with Crippen molar-refractivity contribution in [1.82, 2.24) is 29.7 Å². The number of carbonyl (C=O) groups is 1. The number of aromatic nitrogens is 3. The molecule has 0 radical (unpaired) electrons. The van der Waals surface area contributed by atoms with Crippen LogP contribution in [0.15, 0.2) is 66.4 Å². The van der Waals surface area contributed by atoms with E-state index in [4.69, 9.17) is 0 Å². The number of nitrogens with zero attached hydrogens (tertiary/aromatic N) is 4. The van der Waals surface area contributed by atoms with E-state index in [-0.39, 0.29) is 36.8 Å². The van der Waals surface area contributed by atoms with Crippen LogP contribution in [0.3, 0.4) is 0 Å². The first-order chi connectivity index (χ1) is 21.3. The van der Waals surface area contributed by atoms with E-state index in [9.17, 15) is 17.8 Å². The molecule has 2 N–H and O–H groups in total. The normalized spacial score (nSPS) is 24.8. The van der Waals surface area contributed by atoms with Crippen LogP contribution in [-0.4, -0.2) is 84.4 Å². The lowest BCUT2D eigenvalue weighted by atomic mass is 10.0. The molecule has 44 heavy (non-hydrogen) atoms. The number of aryl methyl sites for hydroxylation is 1. The fraction of sp³-hybridized carbons (Fsp3) is 0.424. The third kappa shape index (κ3) is 6.74. The van der Waals surface area contributed by atoms with Crippen LogP contribution in [0, 0.1) is 6.92 Å². The molecule has 6 rings (SSSR count). The molecule has 4 heterocycles. The van der Waals surface area contributed by atoms with E-state index >= 15 is 0 Å². The summed E-state index contributed by atoms with van der Waals surface area (Å²) in [6, 6.07) is 13.9. The summed E-state index contributed by atoms with van der Waals surface area (Å²) < 4.78 is 43.2. The highest BCUT2D eigenvalue weighted by Gasteiger charge is 2.44. The lowest BCUT2D eigenvalue weighted by Crippen LogP contribution is -2.55. The molecule has 2 unspecified atom stereocenters. The molecule has 2 fully saturated rings. The minimum atomic E-state index is -1.93. The molecule has 8 nitrogen and oxygen atoms in total. The van der Waals surface area contributed by atoms with Crippen LogP contribution < -0.4 is 5.32 Å². The van der Waals surface area contributed by atoms with Crippen molar-refractivity contribution in [2.24, 2.45) is 0 Å². The number of nitrogens with one attached hydrogen (secondary N) is 2. The van der Waals surface area contributed by atoms with E-state index in [2.05, 4.69) is 37.5 Å². The van der Waals surface area contributed by atoms with Gasteiger partial charge in [-0.2, -0.15) is 5.10 Å². The van der Waals surface area contributed by atoms with E-state index < -0.39 is 23.3 Å². The third-order valence-electron chi connectivity index (χ3n) is 8.77. The molecule has 1 aliphatic carbocycles. The predicted molar refractivity (Wildman–Crippen MR) is 168 cm³/mol. The van der Waals surface area contributed by atoms with Crippen molar-refractivity contribution in [2.45, 2.75) is 56.1 Å². The number of fused-ring (bicyclic) bond motifs is 1. The number of carbonyl (C=O) groups excluding carboxylic acids is 1. The number of H-pyrrole nitrogens is 1. The van der Waals surface area contributed by atoms with Crippen molar-refractivity contribution in [2.75, 3.05) is 32.9 Å². The zero-order chi connectivity index (χ0) is 30.7. The molecule has 0 spiro atoms. The van der Waals surface area contributed by atoms with Crippen LogP contribution in [0.5, 0.6) is 0 Å². The summed E-state index contributed by atoms with van der Waals surface area (Å²) in [5.41, 5.74) is 4.45. The van der Waals surface area contributed by atoms with E-state index in [1.54, 1.807) is 10.5 Å². The Hall–Kier alpha value is -3.54.